The van der Waals surface area contributed by atoms with Crippen molar-refractivity contribution in [3.05, 3.63) is 12.2 Å². The van der Waals surface area contributed by atoms with E-state index in [9.17, 15) is 0 Å². The van der Waals surface area contributed by atoms with E-state index in [1.807, 2.05) is 0 Å². The van der Waals surface area contributed by atoms with Gasteiger partial charge in [0.1, 0.15) is 0 Å². The fourth-order valence-electron chi connectivity index (χ4n) is 3.87. The molecular weight excluding hydrogens is 204 g/mol. The Morgan fingerprint density at radius 3 is 2.12 bits per heavy atom. The smallest absolute Gasteiger partial charge is 0.0233 e. The van der Waals surface area contributed by atoms with Crippen LogP contribution in [0, 0.1) is 17.8 Å². The predicted molar refractivity (Wildman–Crippen MR) is 76.1 cm³/mol. The molecule has 0 spiro atoms. The van der Waals surface area contributed by atoms with Crippen LogP contribution in [0.1, 0.15) is 77.6 Å². The number of unbranched alkanes of at least 4 members (excludes halogenated alkanes) is 1. The molecule has 0 heterocycles. The van der Waals surface area contributed by atoms with Crippen LogP contribution in [0.15, 0.2) is 12.2 Å². The Hall–Kier alpha value is -0.260. The molecule has 0 N–H and O–H groups in total. The highest BCUT2D eigenvalue weighted by Gasteiger charge is 2.27. The quantitative estimate of drug-likeness (QED) is 0.545. The van der Waals surface area contributed by atoms with Crippen LogP contribution in [0.3, 0.4) is 0 Å². The molecule has 0 bridgehead atoms. The van der Waals surface area contributed by atoms with Crippen molar-refractivity contribution in [1.82, 2.24) is 0 Å². The van der Waals surface area contributed by atoms with Crippen LogP contribution >= 0.6 is 0 Å². The van der Waals surface area contributed by atoms with E-state index in [4.69, 9.17) is 0 Å². The average Bonchev–Trinajstić information content (AvgIpc) is 2.41. The zero-order valence-corrected chi connectivity index (χ0v) is 11.7. The molecule has 0 aromatic carbocycles. The van der Waals surface area contributed by atoms with Gasteiger partial charge in [-0.15, -0.1) is 0 Å². The molecule has 0 aliphatic heterocycles. The molecule has 0 saturated heterocycles. The summed E-state index contributed by atoms with van der Waals surface area (Å²) in [6, 6.07) is 0. The second kappa shape index (κ2) is 7.24. The molecule has 2 fully saturated rings. The van der Waals surface area contributed by atoms with Crippen LogP contribution in [0.4, 0.5) is 0 Å². The van der Waals surface area contributed by atoms with Crippen LogP contribution in [-0.2, 0) is 0 Å². The van der Waals surface area contributed by atoms with Gasteiger partial charge >= 0.3 is 0 Å². The average molecular weight is 234 g/mol. The first-order valence-corrected chi connectivity index (χ1v) is 8.06. The first-order valence-electron chi connectivity index (χ1n) is 8.06. The van der Waals surface area contributed by atoms with E-state index in [0.717, 1.165) is 17.8 Å². The van der Waals surface area contributed by atoms with Crippen molar-refractivity contribution in [2.75, 3.05) is 0 Å². The molecule has 0 amide bonds. The summed E-state index contributed by atoms with van der Waals surface area (Å²) in [6.45, 7) is 2.27. The highest BCUT2D eigenvalue weighted by atomic mass is 14.3. The van der Waals surface area contributed by atoms with Gasteiger partial charge in [0.15, 0.2) is 0 Å². The first-order chi connectivity index (χ1) is 8.40. The Morgan fingerprint density at radius 2 is 1.47 bits per heavy atom. The summed E-state index contributed by atoms with van der Waals surface area (Å²) >= 11 is 0. The maximum atomic E-state index is 2.51. The lowest BCUT2D eigenvalue weighted by molar-refractivity contribution is 0.180. The minimum Gasteiger partial charge on any atom is -0.0883 e. The summed E-state index contributed by atoms with van der Waals surface area (Å²) in [5, 5.41) is 0. The normalized spacial score (nSPS) is 32.1. The third kappa shape index (κ3) is 4.16. The fourth-order valence-corrected chi connectivity index (χ4v) is 3.87. The van der Waals surface area contributed by atoms with Gasteiger partial charge in [-0.25, -0.2) is 0 Å². The number of hydrogen-bond acceptors (Lipinski definition) is 0. The summed E-state index contributed by atoms with van der Waals surface area (Å²) in [6.07, 6.45) is 21.1. The van der Waals surface area contributed by atoms with E-state index in [0.29, 0.717) is 0 Å². The van der Waals surface area contributed by atoms with Crippen molar-refractivity contribution < 1.29 is 0 Å². The van der Waals surface area contributed by atoms with Gasteiger partial charge in [-0.1, -0.05) is 57.6 Å². The molecule has 2 aliphatic rings. The molecule has 98 valence electrons. The van der Waals surface area contributed by atoms with E-state index < -0.39 is 0 Å². The number of rotatable bonds is 4. The van der Waals surface area contributed by atoms with Gasteiger partial charge in [-0.2, -0.15) is 0 Å². The largest absolute Gasteiger partial charge is 0.0883 e. The molecule has 0 radical (unpaired) electrons. The lowest BCUT2D eigenvalue weighted by Gasteiger charge is -2.35. The molecular formula is C17H30. The molecule has 2 saturated carbocycles. The van der Waals surface area contributed by atoms with E-state index in [1.165, 1.54) is 57.8 Å². The number of hydrogen-bond donors (Lipinski definition) is 0. The van der Waals surface area contributed by atoms with Crippen molar-refractivity contribution in [2.24, 2.45) is 17.8 Å². The Labute approximate surface area is 108 Å². The zero-order valence-electron chi connectivity index (χ0n) is 11.7. The van der Waals surface area contributed by atoms with Crippen LogP contribution < -0.4 is 0 Å². The lowest BCUT2D eigenvalue weighted by Crippen LogP contribution is -2.23. The summed E-state index contributed by atoms with van der Waals surface area (Å²) in [7, 11) is 0. The zero-order chi connectivity index (χ0) is 11.9. The van der Waals surface area contributed by atoms with Gasteiger partial charge in [-0.05, 0) is 49.9 Å². The molecule has 0 heteroatoms. The van der Waals surface area contributed by atoms with E-state index in [-0.39, 0.29) is 0 Å². The summed E-state index contributed by atoms with van der Waals surface area (Å²) in [5.41, 5.74) is 0. The van der Waals surface area contributed by atoms with Crippen molar-refractivity contribution in [1.29, 1.82) is 0 Å². The topological polar surface area (TPSA) is 0 Å². The molecule has 0 unspecified atom stereocenters. The molecule has 0 aromatic heterocycles. The van der Waals surface area contributed by atoms with Gasteiger partial charge in [0.05, 0.1) is 0 Å². The van der Waals surface area contributed by atoms with Crippen LogP contribution in [-0.4, -0.2) is 0 Å². The van der Waals surface area contributed by atoms with Gasteiger partial charge in [0.25, 0.3) is 0 Å². The summed E-state index contributed by atoms with van der Waals surface area (Å²) < 4.78 is 0. The van der Waals surface area contributed by atoms with Crippen molar-refractivity contribution >= 4 is 0 Å². The second-order valence-electron chi connectivity index (χ2n) is 6.29. The predicted octanol–water partition coefficient (Wildman–Crippen LogP) is 5.73. The molecule has 0 aromatic rings. The molecule has 0 nitrogen and oxygen atoms in total. The van der Waals surface area contributed by atoms with E-state index in [1.54, 1.807) is 12.8 Å². The molecule has 0 atom stereocenters. The maximum absolute atomic E-state index is 2.51. The number of allylic oxidation sites excluding steroid dienone is 2. The van der Waals surface area contributed by atoms with Crippen molar-refractivity contribution in [3.63, 3.8) is 0 Å². The second-order valence-corrected chi connectivity index (χ2v) is 6.29. The third-order valence-corrected chi connectivity index (χ3v) is 5.00. The Kier molecular flexibility index (Phi) is 5.61. The van der Waals surface area contributed by atoms with Gasteiger partial charge in [0.2, 0.25) is 0 Å². The van der Waals surface area contributed by atoms with Crippen LogP contribution in [0.2, 0.25) is 0 Å². The minimum absolute atomic E-state index is 0.918. The lowest BCUT2D eigenvalue weighted by atomic mass is 9.71. The fraction of sp³-hybridized carbons (Fsp3) is 0.882. The van der Waals surface area contributed by atoms with Crippen molar-refractivity contribution in [2.45, 2.75) is 77.6 Å². The van der Waals surface area contributed by atoms with Gasteiger partial charge < -0.3 is 0 Å². The Balaban J connectivity index is 1.69. The van der Waals surface area contributed by atoms with Gasteiger partial charge in [0, 0.05) is 0 Å². The maximum Gasteiger partial charge on any atom is -0.0233 e. The Morgan fingerprint density at radius 1 is 0.824 bits per heavy atom. The highest BCUT2D eigenvalue weighted by molar-refractivity contribution is 4.92. The standard InChI is InChI=1S/C17H30/c1-2-3-5-8-15-11-13-17(14-12-15)16-9-6-4-7-10-16/h5,8,15-17H,2-4,6-7,9-14H2,1H3/b8-5+/t15-,17-. The monoisotopic (exact) mass is 234 g/mol. The highest BCUT2D eigenvalue weighted by Crippen LogP contribution is 2.40. The van der Waals surface area contributed by atoms with E-state index >= 15 is 0 Å². The van der Waals surface area contributed by atoms with Crippen LogP contribution in [0.25, 0.3) is 0 Å². The first kappa shape index (κ1) is 13.2. The summed E-state index contributed by atoms with van der Waals surface area (Å²) in [5.74, 6) is 3.11. The third-order valence-electron chi connectivity index (χ3n) is 5.00. The Bertz CT molecular complexity index is 214. The summed E-state index contributed by atoms with van der Waals surface area (Å²) in [4.78, 5) is 0. The SMILES string of the molecule is CCC/C=C/[C@H]1CC[C@H](C2CCCCC2)CC1. The van der Waals surface area contributed by atoms with Gasteiger partial charge in [-0.3, -0.25) is 0 Å². The van der Waals surface area contributed by atoms with Crippen LogP contribution in [0.5, 0.6) is 0 Å². The molecule has 2 rings (SSSR count). The molecule has 2 aliphatic carbocycles. The van der Waals surface area contributed by atoms with E-state index in [2.05, 4.69) is 19.1 Å². The van der Waals surface area contributed by atoms with Crippen molar-refractivity contribution in [3.8, 4) is 0 Å². The minimum atomic E-state index is 0.918. The molecule has 17 heavy (non-hydrogen) atoms.